The van der Waals surface area contributed by atoms with Crippen LogP contribution in [-0.4, -0.2) is 29.4 Å². The molecule has 0 aromatic heterocycles. The summed E-state index contributed by atoms with van der Waals surface area (Å²) >= 11 is 3.63. The molecule has 3 aliphatic heterocycles. The van der Waals surface area contributed by atoms with Crippen LogP contribution in [0.4, 0.5) is 0 Å². The Kier molecular flexibility index (Phi) is 3.99. The highest BCUT2D eigenvalue weighted by molar-refractivity contribution is 9.10. The average Bonchev–Trinajstić information content (AvgIpc) is 2.86. The highest BCUT2D eigenvalue weighted by atomic mass is 79.9. The number of amides is 1. The van der Waals surface area contributed by atoms with E-state index in [-0.39, 0.29) is 0 Å². The predicted octanol–water partition coefficient (Wildman–Crippen LogP) is 3.25. The Hall–Kier alpha value is -0.870. The van der Waals surface area contributed by atoms with Crippen LogP contribution >= 0.6 is 15.9 Å². The van der Waals surface area contributed by atoms with E-state index in [0.717, 1.165) is 30.4 Å². The zero-order valence-corrected chi connectivity index (χ0v) is 14.4. The quantitative estimate of drug-likeness (QED) is 0.875. The maximum absolute atomic E-state index is 12.7. The first-order valence-electron chi connectivity index (χ1n) is 8.49. The van der Waals surface area contributed by atoms with Gasteiger partial charge in [-0.05, 0) is 55.2 Å². The Balaban J connectivity index is 1.40. The van der Waals surface area contributed by atoms with Crippen molar-refractivity contribution in [3.05, 3.63) is 33.8 Å². The minimum absolute atomic E-state index is 0.354. The van der Waals surface area contributed by atoms with Gasteiger partial charge in [0.05, 0.1) is 0 Å². The van der Waals surface area contributed by atoms with Gasteiger partial charge in [-0.3, -0.25) is 4.79 Å². The topological polar surface area (TPSA) is 32.3 Å². The van der Waals surface area contributed by atoms with Gasteiger partial charge >= 0.3 is 0 Å². The van der Waals surface area contributed by atoms with Crippen molar-refractivity contribution in [1.82, 2.24) is 10.2 Å². The van der Waals surface area contributed by atoms with Gasteiger partial charge in [-0.25, -0.2) is 0 Å². The lowest BCUT2D eigenvalue weighted by Gasteiger charge is -2.33. The molecule has 1 amide bonds. The van der Waals surface area contributed by atoms with Crippen LogP contribution in [0, 0.1) is 5.92 Å². The van der Waals surface area contributed by atoms with E-state index in [4.69, 9.17) is 0 Å². The standard InChI is InChI=1S/C18H23BrN2O/c19-17-3-1-2-13-6-7-21(11-16(13)17)18(22)10-12-8-14-4-5-15(9-12)20-14/h1-3,12,14-15,20H,4-11H2. The van der Waals surface area contributed by atoms with Crippen molar-refractivity contribution in [2.24, 2.45) is 5.92 Å². The molecule has 1 aromatic carbocycles. The maximum Gasteiger partial charge on any atom is 0.223 e. The number of carbonyl (C=O) groups is 1. The Bertz CT molecular complexity index is 576. The van der Waals surface area contributed by atoms with Gasteiger partial charge in [-0.1, -0.05) is 28.1 Å². The highest BCUT2D eigenvalue weighted by Gasteiger charge is 2.35. The molecule has 0 aliphatic carbocycles. The van der Waals surface area contributed by atoms with Crippen LogP contribution in [0.1, 0.15) is 43.2 Å². The summed E-state index contributed by atoms with van der Waals surface area (Å²) in [5.41, 5.74) is 2.69. The fraction of sp³-hybridized carbons (Fsp3) is 0.611. The van der Waals surface area contributed by atoms with Crippen molar-refractivity contribution < 1.29 is 4.79 Å². The van der Waals surface area contributed by atoms with Gasteiger partial charge in [0.15, 0.2) is 0 Å². The molecule has 3 aliphatic rings. The van der Waals surface area contributed by atoms with Crippen molar-refractivity contribution in [2.75, 3.05) is 6.54 Å². The molecule has 3 heterocycles. The van der Waals surface area contributed by atoms with E-state index >= 15 is 0 Å². The summed E-state index contributed by atoms with van der Waals surface area (Å²) in [6, 6.07) is 7.70. The molecule has 118 valence electrons. The molecular formula is C18H23BrN2O. The number of nitrogens with one attached hydrogen (secondary N) is 1. The monoisotopic (exact) mass is 362 g/mol. The van der Waals surface area contributed by atoms with Crippen molar-refractivity contribution in [2.45, 2.75) is 57.2 Å². The van der Waals surface area contributed by atoms with Crippen molar-refractivity contribution >= 4 is 21.8 Å². The van der Waals surface area contributed by atoms with Gasteiger partial charge in [0, 0.05) is 36.1 Å². The minimum atomic E-state index is 0.354. The second kappa shape index (κ2) is 5.97. The Morgan fingerprint density at radius 3 is 2.82 bits per heavy atom. The molecule has 0 saturated carbocycles. The maximum atomic E-state index is 12.7. The van der Waals surface area contributed by atoms with Crippen LogP contribution in [0.5, 0.6) is 0 Å². The smallest absolute Gasteiger partial charge is 0.223 e. The lowest BCUT2D eigenvalue weighted by molar-refractivity contribution is -0.133. The summed E-state index contributed by atoms with van der Waals surface area (Å²) in [5.74, 6) is 0.944. The van der Waals surface area contributed by atoms with Crippen LogP contribution in [-0.2, 0) is 17.8 Å². The lowest BCUT2D eigenvalue weighted by Crippen LogP contribution is -2.41. The molecule has 3 nitrogen and oxygen atoms in total. The van der Waals surface area contributed by atoms with Gasteiger partial charge in [-0.2, -0.15) is 0 Å². The second-order valence-electron chi connectivity index (χ2n) is 7.12. The molecule has 1 aromatic rings. The fourth-order valence-corrected chi connectivity index (χ4v) is 5.00. The molecule has 2 unspecified atom stereocenters. The average molecular weight is 363 g/mol. The first kappa shape index (κ1) is 14.7. The summed E-state index contributed by atoms with van der Waals surface area (Å²) in [6.45, 7) is 1.65. The van der Waals surface area contributed by atoms with Gasteiger partial charge < -0.3 is 10.2 Å². The van der Waals surface area contributed by atoms with E-state index in [1.165, 1.54) is 36.8 Å². The largest absolute Gasteiger partial charge is 0.338 e. The number of rotatable bonds is 2. The zero-order valence-electron chi connectivity index (χ0n) is 12.9. The number of halogens is 1. The van der Waals surface area contributed by atoms with Gasteiger partial charge in [0.25, 0.3) is 0 Å². The second-order valence-corrected chi connectivity index (χ2v) is 7.98. The number of fused-ring (bicyclic) bond motifs is 3. The number of carbonyl (C=O) groups excluding carboxylic acids is 1. The number of hydrogen-bond acceptors (Lipinski definition) is 2. The summed E-state index contributed by atoms with van der Waals surface area (Å²) in [5, 5.41) is 3.66. The molecule has 2 atom stereocenters. The first-order chi connectivity index (χ1) is 10.7. The third-order valence-corrected chi connectivity index (χ3v) is 6.35. The SMILES string of the molecule is O=C(CC1CC2CCC(C1)N2)N1CCc2cccc(Br)c2C1. The molecule has 2 bridgehead atoms. The third kappa shape index (κ3) is 2.83. The molecule has 2 fully saturated rings. The van der Waals surface area contributed by atoms with E-state index < -0.39 is 0 Å². The van der Waals surface area contributed by atoms with Crippen LogP contribution < -0.4 is 5.32 Å². The zero-order chi connectivity index (χ0) is 15.1. The van der Waals surface area contributed by atoms with Crippen molar-refractivity contribution in [3.8, 4) is 0 Å². The Morgan fingerprint density at radius 1 is 1.27 bits per heavy atom. The molecule has 4 rings (SSSR count). The summed E-state index contributed by atoms with van der Waals surface area (Å²) in [4.78, 5) is 14.8. The van der Waals surface area contributed by atoms with E-state index in [9.17, 15) is 4.79 Å². The van der Waals surface area contributed by atoms with Crippen LogP contribution in [0.3, 0.4) is 0 Å². The van der Waals surface area contributed by atoms with Crippen LogP contribution in [0.2, 0.25) is 0 Å². The van der Waals surface area contributed by atoms with Gasteiger partial charge in [0.2, 0.25) is 5.91 Å². The molecule has 0 radical (unpaired) electrons. The third-order valence-electron chi connectivity index (χ3n) is 5.60. The molecule has 2 saturated heterocycles. The van der Waals surface area contributed by atoms with Crippen LogP contribution in [0.15, 0.2) is 22.7 Å². The van der Waals surface area contributed by atoms with E-state index in [2.05, 4.69) is 44.3 Å². The lowest BCUT2D eigenvalue weighted by atomic mass is 9.89. The van der Waals surface area contributed by atoms with Crippen LogP contribution in [0.25, 0.3) is 0 Å². The Labute approximate surface area is 140 Å². The Morgan fingerprint density at radius 2 is 2.05 bits per heavy atom. The predicted molar refractivity (Wildman–Crippen MR) is 90.5 cm³/mol. The van der Waals surface area contributed by atoms with Crippen molar-refractivity contribution in [3.63, 3.8) is 0 Å². The number of piperidine rings is 1. The van der Waals surface area contributed by atoms with E-state index in [1.807, 2.05) is 0 Å². The number of hydrogen-bond donors (Lipinski definition) is 1. The van der Waals surface area contributed by atoms with Gasteiger partial charge in [0.1, 0.15) is 0 Å². The normalized spacial score (nSPS) is 30.2. The molecule has 22 heavy (non-hydrogen) atoms. The van der Waals surface area contributed by atoms with Crippen molar-refractivity contribution in [1.29, 1.82) is 0 Å². The summed E-state index contributed by atoms with van der Waals surface area (Å²) in [6.07, 6.45) is 6.72. The molecular weight excluding hydrogens is 340 g/mol. The minimum Gasteiger partial charge on any atom is -0.338 e. The molecule has 1 N–H and O–H groups in total. The summed E-state index contributed by atoms with van der Waals surface area (Å²) < 4.78 is 1.14. The van der Waals surface area contributed by atoms with Gasteiger partial charge in [-0.15, -0.1) is 0 Å². The molecule has 4 heteroatoms. The number of nitrogens with zero attached hydrogens (tertiary/aromatic N) is 1. The fourth-order valence-electron chi connectivity index (χ4n) is 4.47. The highest BCUT2D eigenvalue weighted by Crippen LogP contribution is 2.34. The van der Waals surface area contributed by atoms with E-state index in [1.54, 1.807) is 0 Å². The molecule has 0 spiro atoms. The van der Waals surface area contributed by atoms with E-state index in [0.29, 0.717) is 23.9 Å². The summed E-state index contributed by atoms with van der Waals surface area (Å²) in [7, 11) is 0. The number of benzene rings is 1. The first-order valence-corrected chi connectivity index (χ1v) is 9.28.